The van der Waals surface area contributed by atoms with Crippen LogP contribution in [0.25, 0.3) is 0 Å². The second-order valence-electron chi connectivity index (χ2n) is 3.68. The third-order valence-electron chi connectivity index (χ3n) is 2.27. The molecule has 6 nitrogen and oxygen atoms in total. The number of Topliss-reactive ketones (excluding diaryl/α,β-unsaturated/α-hetero) is 1. The molecule has 6 heteroatoms. The van der Waals surface area contributed by atoms with Gasteiger partial charge in [0.25, 0.3) is 0 Å². The maximum absolute atomic E-state index is 11.5. The molecule has 0 spiro atoms. The van der Waals surface area contributed by atoms with E-state index in [4.69, 9.17) is 10.00 Å². The highest BCUT2D eigenvalue weighted by molar-refractivity contribution is 5.97. The lowest BCUT2D eigenvalue weighted by Gasteiger charge is -2.06. The third-order valence-corrected chi connectivity index (χ3v) is 2.27. The van der Waals surface area contributed by atoms with Crippen LogP contribution in [0.3, 0.4) is 0 Å². The summed E-state index contributed by atoms with van der Waals surface area (Å²) < 4.78 is 6.90. The van der Waals surface area contributed by atoms with Crippen LogP contribution in [0.5, 0.6) is 11.8 Å². The van der Waals surface area contributed by atoms with Crippen molar-refractivity contribution in [2.24, 2.45) is 7.05 Å². The number of carbonyl (C=O) groups excluding carboxylic acids is 1. The van der Waals surface area contributed by atoms with Crippen LogP contribution < -0.4 is 4.74 Å². The molecule has 0 N–H and O–H groups in total. The van der Waals surface area contributed by atoms with E-state index in [0.29, 0.717) is 11.1 Å². The SMILES string of the molecule is CC(=O)c1ccc(C#N)cc1Oc1ncn(C)n1. The summed E-state index contributed by atoms with van der Waals surface area (Å²) in [6.45, 7) is 1.43. The number of hydrogen-bond acceptors (Lipinski definition) is 5. The fraction of sp³-hybridized carbons (Fsp3) is 0.167. The Bertz CT molecular complexity index is 640. The summed E-state index contributed by atoms with van der Waals surface area (Å²) in [4.78, 5) is 15.4. The van der Waals surface area contributed by atoms with Gasteiger partial charge in [0, 0.05) is 7.05 Å². The Morgan fingerprint density at radius 3 is 2.83 bits per heavy atom. The Balaban J connectivity index is 2.41. The summed E-state index contributed by atoms with van der Waals surface area (Å²) in [6, 6.07) is 6.73. The zero-order valence-corrected chi connectivity index (χ0v) is 9.91. The van der Waals surface area contributed by atoms with Crippen molar-refractivity contribution in [3.05, 3.63) is 35.7 Å². The van der Waals surface area contributed by atoms with Crippen LogP contribution in [0.4, 0.5) is 0 Å². The smallest absolute Gasteiger partial charge is 0.341 e. The second kappa shape index (κ2) is 4.67. The van der Waals surface area contributed by atoms with Crippen LogP contribution >= 0.6 is 0 Å². The first-order chi connectivity index (χ1) is 8.60. The quantitative estimate of drug-likeness (QED) is 0.765. The van der Waals surface area contributed by atoms with Crippen molar-refractivity contribution >= 4 is 5.78 Å². The summed E-state index contributed by atoms with van der Waals surface area (Å²) in [5.41, 5.74) is 0.799. The Kier molecular flexibility index (Phi) is 3.06. The first-order valence-corrected chi connectivity index (χ1v) is 5.18. The molecule has 0 aliphatic heterocycles. The molecule has 1 heterocycles. The largest absolute Gasteiger partial charge is 0.422 e. The standard InChI is InChI=1S/C12H10N4O2/c1-8(17)10-4-3-9(6-13)5-11(10)18-12-14-7-16(2)15-12/h3-5,7H,1-2H3. The summed E-state index contributed by atoms with van der Waals surface area (Å²) in [5.74, 6) is 0.137. The van der Waals surface area contributed by atoms with Crippen molar-refractivity contribution in [1.82, 2.24) is 14.8 Å². The molecule has 0 bridgehead atoms. The van der Waals surface area contributed by atoms with E-state index in [2.05, 4.69) is 10.1 Å². The Morgan fingerprint density at radius 2 is 2.28 bits per heavy atom. The minimum atomic E-state index is -0.148. The molecule has 2 rings (SSSR count). The van der Waals surface area contributed by atoms with Gasteiger partial charge in [-0.1, -0.05) is 0 Å². The number of benzene rings is 1. The Labute approximate surface area is 103 Å². The van der Waals surface area contributed by atoms with Gasteiger partial charge in [0.05, 0.1) is 17.2 Å². The molecule has 1 aromatic heterocycles. The first-order valence-electron chi connectivity index (χ1n) is 5.18. The molecule has 0 saturated heterocycles. The minimum absolute atomic E-state index is 0.134. The summed E-state index contributed by atoms with van der Waals surface area (Å²) in [7, 11) is 1.71. The van der Waals surface area contributed by atoms with E-state index >= 15 is 0 Å². The van der Waals surface area contributed by atoms with Crippen molar-refractivity contribution in [3.63, 3.8) is 0 Å². The highest BCUT2D eigenvalue weighted by atomic mass is 16.5. The fourth-order valence-electron chi connectivity index (χ4n) is 1.43. The fourth-order valence-corrected chi connectivity index (χ4v) is 1.43. The predicted molar refractivity (Wildman–Crippen MR) is 62.2 cm³/mol. The summed E-state index contributed by atoms with van der Waals surface area (Å²) >= 11 is 0. The van der Waals surface area contributed by atoms with Gasteiger partial charge in [-0.3, -0.25) is 9.48 Å². The van der Waals surface area contributed by atoms with Crippen LogP contribution in [-0.2, 0) is 7.05 Å². The van der Waals surface area contributed by atoms with Crippen LogP contribution in [0.1, 0.15) is 22.8 Å². The topological polar surface area (TPSA) is 80.8 Å². The molecular formula is C12H10N4O2. The lowest BCUT2D eigenvalue weighted by molar-refractivity contribution is 0.101. The van der Waals surface area contributed by atoms with E-state index < -0.39 is 0 Å². The number of ether oxygens (including phenoxy) is 1. The molecule has 90 valence electrons. The molecule has 0 atom stereocenters. The number of hydrogen-bond donors (Lipinski definition) is 0. The van der Waals surface area contributed by atoms with Gasteiger partial charge in [0.1, 0.15) is 12.1 Å². The van der Waals surface area contributed by atoms with E-state index in [1.807, 2.05) is 6.07 Å². The number of aryl methyl sites for hydroxylation is 1. The van der Waals surface area contributed by atoms with Crippen LogP contribution in [0.15, 0.2) is 24.5 Å². The molecule has 0 amide bonds. The minimum Gasteiger partial charge on any atom is -0.422 e. The first kappa shape index (κ1) is 11.8. The lowest BCUT2D eigenvalue weighted by Crippen LogP contribution is -1.99. The van der Waals surface area contributed by atoms with E-state index in [1.54, 1.807) is 19.2 Å². The van der Waals surface area contributed by atoms with Crippen LogP contribution in [0.2, 0.25) is 0 Å². The number of rotatable bonds is 3. The van der Waals surface area contributed by atoms with Gasteiger partial charge in [-0.2, -0.15) is 10.2 Å². The maximum atomic E-state index is 11.5. The molecule has 18 heavy (non-hydrogen) atoms. The number of carbonyl (C=O) groups is 1. The monoisotopic (exact) mass is 242 g/mol. The van der Waals surface area contributed by atoms with E-state index in [1.165, 1.54) is 24.0 Å². The molecule has 0 aliphatic rings. The molecule has 1 aromatic carbocycles. The van der Waals surface area contributed by atoms with Crippen LogP contribution in [-0.4, -0.2) is 20.5 Å². The normalized spacial score (nSPS) is 9.83. The zero-order valence-electron chi connectivity index (χ0n) is 9.91. The van der Waals surface area contributed by atoms with Gasteiger partial charge in [-0.15, -0.1) is 5.10 Å². The highest BCUT2D eigenvalue weighted by Crippen LogP contribution is 2.24. The molecule has 2 aromatic rings. The van der Waals surface area contributed by atoms with Crippen molar-refractivity contribution in [1.29, 1.82) is 5.26 Å². The van der Waals surface area contributed by atoms with Gasteiger partial charge in [0.2, 0.25) is 0 Å². The summed E-state index contributed by atoms with van der Waals surface area (Å²) in [5, 5.41) is 12.8. The number of nitrogens with zero attached hydrogens (tertiary/aromatic N) is 4. The molecule has 0 aliphatic carbocycles. The van der Waals surface area contributed by atoms with Gasteiger partial charge in [-0.05, 0) is 25.1 Å². The van der Waals surface area contributed by atoms with Crippen LogP contribution in [0, 0.1) is 11.3 Å². The van der Waals surface area contributed by atoms with Gasteiger partial charge < -0.3 is 4.74 Å². The van der Waals surface area contributed by atoms with Crippen molar-refractivity contribution in [3.8, 4) is 17.8 Å². The molecule has 0 saturated carbocycles. The van der Waals surface area contributed by atoms with E-state index in [9.17, 15) is 4.79 Å². The lowest BCUT2D eigenvalue weighted by atomic mass is 10.1. The Hall–Kier alpha value is -2.68. The number of aromatic nitrogens is 3. The number of ketones is 1. The van der Waals surface area contributed by atoms with Crippen molar-refractivity contribution in [2.45, 2.75) is 6.92 Å². The van der Waals surface area contributed by atoms with Crippen molar-refractivity contribution in [2.75, 3.05) is 0 Å². The average molecular weight is 242 g/mol. The molecule has 0 fully saturated rings. The maximum Gasteiger partial charge on any atom is 0.341 e. The van der Waals surface area contributed by atoms with Gasteiger partial charge in [0.15, 0.2) is 5.78 Å². The average Bonchev–Trinajstić information content (AvgIpc) is 2.74. The summed E-state index contributed by atoms with van der Waals surface area (Å²) in [6.07, 6.45) is 1.48. The Morgan fingerprint density at radius 1 is 1.50 bits per heavy atom. The molecule has 0 unspecified atom stereocenters. The predicted octanol–water partition coefficient (Wildman–Crippen LogP) is 1.68. The third kappa shape index (κ3) is 2.35. The highest BCUT2D eigenvalue weighted by Gasteiger charge is 2.12. The number of nitriles is 1. The van der Waals surface area contributed by atoms with E-state index in [-0.39, 0.29) is 17.5 Å². The molecular weight excluding hydrogens is 232 g/mol. The molecule has 0 radical (unpaired) electrons. The second-order valence-corrected chi connectivity index (χ2v) is 3.68. The van der Waals surface area contributed by atoms with Gasteiger partial charge >= 0.3 is 6.01 Å². The van der Waals surface area contributed by atoms with E-state index in [0.717, 1.165) is 0 Å². The van der Waals surface area contributed by atoms with Gasteiger partial charge in [-0.25, -0.2) is 0 Å². The van der Waals surface area contributed by atoms with Crippen molar-refractivity contribution < 1.29 is 9.53 Å². The zero-order chi connectivity index (χ0) is 13.1.